The Hall–Kier alpha value is -1.51. The standard InChI is InChI=1S/C7H5N2O/c1-3-7(10-6-1)9-5-2-4-8-9/h1-3,5-6H. The van der Waals surface area contributed by atoms with Crippen molar-refractivity contribution in [3.63, 3.8) is 0 Å². The van der Waals surface area contributed by atoms with Gasteiger partial charge in [0.15, 0.2) is 0 Å². The lowest BCUT2D eigenvalue weighted by atomic mass is 10.6. The van der Waals surface area contributed by atoms with Gasteiger partial charge in [-0.05, 0) is 12.1 Å². The van der Waals surface area contributed by atoms with Gasteiger partial charge in [0.05, 0.1) is 6.26 Å². The van der Waals surface area contributed by atoms with Crippen LogP contribution in [0.25, 0.3) is 5.88 Å². The highest BCUT2D eigenvalue weighted by Gasteiger charge is 1.95. The molecule has 3 heteroatoms. The summed E-state index contributed by atoms with van der Waals surface area (Å²) in [4.78, 5) is 0. The van der Waals surface area contributed by atoms with Crippen LogP contribution in [0.2, 0.25) is 0 Å². The van der Waals surface area contributed by atoms with E-state index in [1.165, 1.54) is 0 Å². The molecule has 0 aliphatic heterocycles. The number of hydrogen-bond acceptors (Lipinski definition) is 2. The third-order valence-corrected chi connectivity index (χ3v) is 1.19. The molecule has 0 saturated carbocycles. The molecule has 0 aliphatic rings. The van der Waals surface area contributed by atoms with E-state index in [0.717, 1.165) is 0 Å². The number of nitrogens with zero attached hydrogens (tertiary/aromatic N) is 2. The molecule has 0 aliphatic carbocycles. The smallest absolute Gasteiger partial charge is 0.219 e. The fourth-order valence-corrected chi connectivity index (χ4v) is 0.756. The second-order valence-electron chi connectivity index (χ2n) is 1.84. The summed E-state index contributed by atoms with van der Waals surface area (Å²) in [6.07, 6.45) is 6.06. The summed E-state index contributed by atoms with van der Waals surface area (Å²) in [6, 6.07) is 5.38. The maximum Gasteiger partial charge on any atom is 0.219 e. The van der Waals surface area contributed by atoms with Gasteiger partial charge in [-0.15, -0.1) is 0 Å². The van der Waals surface area contributed by atoms with Gasteiger partial charge in [0.1, 0.15) is 6.20 Å². The van der Waals surface area contributed by atoms with Gasteiger partial charge in [0.25, 0.3) is 0 Å². The van der Waals surface area contributed by atoms with Crippen LogP contribution in [-0.4, -0.2) is 9.78 Å². The van der Waals surface area contributed by atoms with Crippen LogP contribution < -0.4 is 0 Å². The molecule has 0 fully saturated rings. The summed E-state index contributed by atoms with van der Waals surface area (Å²) in [6.45, 7) is 0. The van der Waals surface area contributed by atoms with Crippen molar-refractivity contribution in [3.05, 3.63) is 36.9 Å². The summed E-state index contributed by atoms with van der Waals surface area (Å²) in [7, 11) is 0. The molecule has 10 heavy (non-hydrogen) atoms. The topological polar surface area (TPSA) is 31.0 Å². The number of hydrogen-bond donors (Lipinski definition) is 0. The molecule has 2 aromatic rings. The van der Waals surface area contributed by atoms with Crippen molar-refractivity contribution >= 4 is 0 Å². The van der Waals surface area contributed by atoms with Crippen LogP contribution in [-0.2, 0) is 0 Å². The van der Waals surface area contributed by atoms with Crippen LogP contribution in [0.3, 0.4) is 0 Å². The van der Waals surface area contributed by atoms with E-state index in [1.54, 1.807) is 23.2 Å². The van der Waals surface area contributed by atoms with E-state index in [-0.39, 0.29) is 0 Å². The van der Waals surface area contributed by atoms with Crippen molar-refractivity contribution in [2.24, 2.45) is 0 Å². The van der Waals surface area contributed by atoms with E-state index in [2.05, 4.69) is 11.3 Å². The van der Waals surface area contributed by atoms with Gasteiger partial charge in [0.2, 0.25) is 5.88 Å². The summed E-state index contributed by atoms with van der Waals surface area (Å²) in [5, 5.41) is 3.86. The first kappa shape index (κ1) is 5.29. The molecular formula is C7H5N2O. The molecule has 2 rings (SSSR count). The van der Waals surface area contributed by atoms with Crippen molar-refractivity contribution in [3.8, 4) is 5.88 Å². The van der Waals surface area contributed by atoms with Gasteiger partial charge >= 0.3 is 0 Å². The van der Waals surface area contributed by atoms with Crippen molar-refractivity contribution < 1.29 is 4.42 Å². The Morgan fingerprint density at radius 1 is 1.60 bits per heavy atom. The Morgan fingerprint density at radius 3 is 3.20 bits per heavy atom. The minimum atomic E-state index is 0.709. The van der Waals surface area contributed by atoms with Crippen LogP contribution >= 0.6 is 0 Å². The van der Waals surface area contributed by atoms with Gasteiger partial charge in [-0.1, -0.05) is 0 Å². The highest BCUT2D eigenvalue weighted by Crippen LogP contribution is 2.04. The summed E-state index contributed by atoms with van der Waals surface area (Å²) >= 11 is 0. The summed E-state index contributed by atoms with van der Waals surface area (Å²) < 4.78 is 6.67. The third kappa shape index (κ3) is 0.719. The lowest BCUT2D eigenvalue weighted by Crippen LogP contribution is -1.89. The maximum absolute atomic E-state index is 5.06. The first-order valence-corrected chi connectivity index (χ1v) is 2.92. The predicted molar refractivity (Wildman–Crippen MR) is 34.7 cm³/mol. The monoisotopic (exact) mass is 133 g/mol. The third-order valence-electron chi connectivity index (χ3n) is 1.19. The zero-order chi connectivity index (χ0) is 6.81. The number of aromatic nitrogens is 2. The molecule has 2 heterocycles. The van der Waals surface area contributed by atoms with Gasteiger partial charge in [0, 0.05) is 12.3 Å². The second-order valence-corrected chi connectivity index (χ2v) is 1.84. The lowest BCUT2D eigenvalue weighted by molar-refractivity contribution is 0.522. The zero-order valence-electron chi connectivity index (χ0n) is 5.19. The van der Waals surface area contributed by atoms with E-state index in [0.29, 0.717) is 5.88 Å². The minimum Gasteiger partial charge on any atom is -0.447 e. The Morgan fingerprint density at radius 2 is 2.60 bits per heavy atom. The molecule has 0 spiro atoms. The normalized spacial score (nSPS) is 10.0. The Bertz CT molecular complexity index is 251. The molecule has 2 aromatic heterocycles. The molecule has 0 unspecified atom stereocenters. The van der Waals surface area contributed by atoms with Crippen molar-refractivity contribution in [1.29, 1.82) is 0 Å². The van der Waals surface area contributed by atoms with E-state index in [9.17, 15) is 0 Å². The Balaban J connectivity index is 2.48. The minimum absolute atomic E-state index is 0.709. The fraction of sp³-hybridized carbons (Fsp3) is 0. The van der Waals surface area contributed by atoms with E-state index in [1.807, 2.05) is 12.1 Å². The molecular weight excluding hydrogens is 128 g/mol. The summed E-state index contributed by atoms with van der Waals surface area (Å²) in [5.74, 6) is 0.709. The fourth-order valence-electron chi connectivity index (χ4n) is 0.756. The number of furan rings is 1. The Kier molecular flexibility index (Phi) is 1.07. The first-order valence-electron chi connectivity index (χ1n) is 2.92. The second kappa shape index (κ2) is 2.02. The van der Waals surface area contributed by atoms with Gasteiger partial charge in [-0.2, -0.15) is 5.10 Å². The molecule has 0 saturated heterocycles. The van der Waals surface area contributed by atoms with Crippen molar-refractivity contribution in [2.75, 3.05) is 0 Å². The molecule has 1 radical (unpaired) electrons. The van der Waals surface area contributed by atoms with Crippen molar-refractivity contribution in [2.45, 2.75) is 0 Å². The highest BCUT2D eigenvalue weighted by atomic mass is 16.3. The molecule has 0 aromatic carbocycles. The average Bonchev–Trinajstić information content (AvgIpc) is 2.59. The molecule has 0 atom stereocenters. The maximum atomic E-state index is 5.06. The molecule has 0 N–H and O–H groups in total. The Labute approximate surface area is 57.9 Å². The van der Waals surface area contributed by atoms with E-state index < -0.39 is 0 Å². The van der Waals surface area contributed by atoms with Crippen molar-refractivity contribution in [1.82, 2.24) is 9.78 Å². The van der Waals surface area contributed by atoms with E-state index in [4.69, 9.17) is 4.42 Å². The largest absolute Gasteiger partial charge is 0.447 e. The van der Waals surface area contributed by atoms with Gasteiger partial charge < -0.3 is 4.42 Å². The average molecular weight is 133 g/mol. The quantitative estimate of drug-likeness (QED) is 0.586. The van der Waals surface area contributed by atoms with E-state index >= 15 is 0 Å². The first-order chi connectivity index (χ1) is 4.97. The van der Waals surface area contributed by atoms with Gasteiger partial charge in [-0.3, -0.25) is 0 Å². The van der Waals surface area contributed by atoms with Crippen LogP contribution in [0.5, 0.6) is 0 Å². The summed E-state index contributed by atoms with van der Waals surface area (Å²) in [5.41, 5.74) is 0. The SMILES string of the molecule is [c]1ccn(-c2ccco2)n1. The zero-order valence-corrected chi connectivity index (χ0v) is 5.19. The van der Waals surface area contributed by atoms with Crippen LogP contribution in [0.15, 0.2) is 35.1 Å². The molecule has 0 bridgehead atoms. The van der Waals surface area contributed by atoms with Crippen LogP contribution in [0.4, 0.5) is 0 Å². The van der Waals surface area contributed by atoms with Crippen LogP contribution in [0, 0.1) is 6.20 Å². The lowest BCUT2D eigenvalue weighted by Gasteiger charge is -1.90. The molecule has 0 amide bonds. The molecule has 49 valence electrons. The van der Waals surface area contributed by atoms with Crippen LogP contribution in [0.1, 0.15) is 0 Å². The predicted octanol–water partition coefficient (Wildman–Crippen LogP) is 1.27. The highest BCUT2D eigenvalue weighted by molar-refractivity contribution is 5.15. The number of rotatable bonds is 1. The molecule has 3 nitrogen and oxygen atoms in total. The van der Waals surface area contributed by atoms with Gasteiger partial charge in [-0.25, -0.2) is 4.68 Å².